The number of thiophene rings is 1. The predicted molar refractivity (Wildman–Crippen MR) is 171 cm³/mol. The lowest BCUT2D eigenvalue weighted by molar-refractivity contribution is 0.778. The van der Waals surface area contributed by atoms with Gasteiger partial charge < -0.3 is 10.3 Å². The van der Waals surface area contributed by atoms with Gasteiger partial charge in [0.15, 0.2) is 0 Å². The van der Waals surface area contributed by atoms with Crippen molar-refractivity contribution in [3.63, 3.8) is 0 Å². The number of hydrogen-bond acceptors (Lipinski definition) is 5. The molecular formula is C34H31N5S. The third-order valence-electron chi connectivity index (χ3n) is 7.93. The molecule has 0 atom stereocenters. The second-order valence-corrected chi connectivity index (χ2v) is 12.4. The van der Waals surface area contributed by atoms with Gasteiger partial charge in [0, 0.05) is 60.5 Å². The number of H-pyrrole nitrogens is 1. The number of hydrogen-bond donors (Lipinski definition) is 2. The van der Waals surface area contributed by atoms with Gasteiger partial charge in [-0.1, -0.05) is 58.5 Å². The van der Waals surface area contributed by atoms with Gasteiger partial charge in [0.05, 0.1) is 27.8 Å². The topological polar surface area (TPSA) is 66.5 Å². The van der Waals surface area contributed by atoms with E-state index in [0.29, 0.717) is 11.8 Å². The second-order valence-electron chi connectivity index (χ2n) is 11.3. The summed E-state index contributed by atoms with van der Waals surface area (Å²) in [7, 11) is 0. The number of aromatic amines is 1. The van der Waals surface area contributed by atoms with Crippen molar-refractivity contribution in [1.82, 2.24) is 19.9 Å². The highest BCUT2D eigenvalue weighted by molar-refractivity contribution is 7.25. The molecule has 0 aliphatic carbocycles. The van der Waals surface area contributed by atoms with E-state index in [2.05, 4.69) is 100 Å². The van der Waals surface area contributed by atoms with E-state index < -0.39 is 0 Å². The van der Waals surface area contributed by atoms with Crippen molar-refractivity contribution in [3.05, 3.63) is 84.6 Å². The van der Waals surface area contributed by atoms with Crippen LogP contribution in [0.3, 0.4) is 0 Å². The Bertz CT molecular complexity index is 2130. The molecule has 0 spiro atoms. The van der Waals surface area contributed by atoms with E-state index in [1.54, 1.807) is 12.4 Å². The van der Waals surface area contributed by atoms with Crippen LogP contribution in [-0.4, -0.2) is 19.9 Å². The van der Waals surface area contributed by atoms with Crippen molar-refractivity contribution in [3.8, 4) is 11.1 Å². The van der Waals surface area contributed by atoms with Crippen molar-refractivity contribution in [2.75, 3.05) is 5.32 Å². The van der Waals surface area contributed by atoms with Crippen LogP contribution in [0.15, 0.2) is 73.2 Å². The highest BCUT2D eigenvalue weighted by atomic mass is 32.1. The van der Waals surface area contributed by atoms with Crippen molar-refractivity contribution in [1.29, 1.82) is 0 Å². The van der Waals surface area contributed by atoms with Gasteiger partial charge in [0.2, 0.25) is 0 Å². The summed E-state index contributed by atoms with van der Waals surface area (Å²) in [5.41, 5.74) is 9.44. The number of nitrogens with zero attached hydrogens (tertiary/aromatic N) is 3. The average Bonchev–Trinajstić information content (AvgIpc) is 3.53. The maximum absolute atomic E-state index is 4.82. The number of benzene rings is 4. The van der Waals surface area contributed by atoms with E-state index in [0.717, 1.165) is 61.2 Å². The Morgan fingerprint density at radius 3 is 2.27 bits per heavy atom. The molecule has 2 N–H and O–H groups in total. The van der Waals surface area contributed by atoms with Crippen LogP contribution in [0, 0.1) is 12.8 Å². The number of aryl methyl sites for hydroxylation is 1. The third kappa shape index (κ3) is 3.86. The zero-order valence-electron chi connectivity index (χ0n) is 23.4. The minimum atomic E-state index is 0.320. The Labute approximate surface area is 237 Å². The van der Waals surface area contributed by atoms with Crippen LogP contribution < -0.4 is 5.32 Å². The van der Waals surface area contributed by atoms with E-state index in [-0.39, 0.29) is 0 Å². The summed E-state index contributed by atoms with van der Waals surface area (Å²) in [6, 6.07) is 17.9. The second kappa shape index (κ2) is 9.14. The number of anilines is 1. The number of aromatic nitrogens is 4. The van der Waals surface area contributed by atoms with E-state index >= 15 is 0 Å². The lowest BCUT2D eigenvalue weighted by Gasteiger charge is -2.19. The Balaban J connectivity index is 1.38. The summed E-state index contributed by atoms with van der Waals surface area (Å²) in [4.78, 5) is 17.8. The van der Waals surface area contributed by atoms with Gasteiger partial charge in [-0.05, 0) is 48.2 Å². The van der Waals surface area contributed by atoms with Gasteiger partial charge in [0.25, 0.3) is 0 Å². The summed E-state index contributed by atoms with van der Waals surface area (Å²) >= 11 is 1.83. The van der Waals surface area contributed by atoms with Crippen LogP contribution in [0.4, 0.5) is 5.69 Å². The number of fused-ring (bicyclic) bond motifs is 7. The molecule has 7 aromatic rings. The van der Waals surface area contributed by atoms with E-state index in [9.17, 15) is 0 Å². The summed E-state index contributed by atoms with van der Waals surface area (Å²) in [5, 5.41) is 8.36. The first-order valence-electron chi connectivity index (χ1n) is 13.8. The molecule has 0 aliphatic rings. The molecule has 0 aliphatic heterocycles. The quantitative estimate of drug-likeness (QED) is 0.213. The van der Waals surface area contributed by atoms with Crippen molar-refractivity contribution < 1.29 is 0 Å². The minimum Gasteiger partial charge on any atom is -0.358 e. The molecule has 0 saturated heterocycles. The third-order valence-corrected chi connectivity index (χ3v) is 9.04. The number of nitrogens with one attached hydrogen (secondary N) is 2. The smallest absolute Gasteiger partial charge is 0.109 e. The van der Waals surface area contributed by atoms with Crippen LogP contribution in [0.1, 0.15) is 45.0 Å². The Morgan fingerprint density at radius 2 is 1.52 bits per heavy atom. The molecule has 40 heavy (non-hydrogen) atoms. The van der Waals surface area contributed by atoms with Crippen LogP contribution in [0.25, 0.3) is 64.1 Å². The first-order chi connectivity index (χ1) is 19.3. The molecule has 3 aromatic heterocycles. The molecule has 3 heterocycles. The molecule has 6 heteroatoms. The summed E-state index contributed by atoms with van der Waals surface area (Å²) in [6.45, 7) is 15.0. The van der Waals surface area contributed by atoms with Gasteiger partial charge in [0.1, 0.15) is 5.82 Å². The molecule has 4 aromatic carbocycles. The Morgan fingerprint density at radius 1 is 0.825 bits per heavy atom. The Hall–Kier alpha value is -4.29. The molecule has 5 nitrogen and oxygen atoms in total. The van der Waals surface area contributed by atoms with Crippen LogP contribution in [-0.2, 0) is 0 Å². The van der Waals surface area contributed by atoms with Crippen LogP contribution in [0.5, 0.6) is 0 Å². The minimum absolute atomic E-state index is 0.320. The molecule has 0 fully saturated rings. The largest absolute Gasteiger partial charge is 0.358 e. The normalized spacial score (nSPS) is 12.2. The molecule has 0 unspecified atom stereocenters. The summed E-state index contributed by atoms with van der Waals surface area (Å²) in [5.74, 6) is 1.73. The zero-order valence-corrected chi connectivity index (χ0v) is 24.2. The molecule has 0 radical (unpaired) electrons. The average molecular weight is 542 g/mol. The first kappa shape index (κ1) is 24.7. The van der Waals surface area contributed by atoms with Gasteiger partial charge in [-0.25, -0.2) is 4.98 Å². The van der Waals surface area contributed by atoms with Crippen molar-refractivity contribution >= 4 is 70.0 Å². The molecule has 198 valence electrons. The van der Waals surface area contributed by atoms with Crippen molar-refractivity contribution in [2.45, 2.75) is 40.5 Å². The lowest BCUT2D eigenvalue weighted by Crippen LogP contribution is -2.07. The number of imidazole rings is 1. The number of rotatable bonds is 5. The standard InChI is InChI=1S/C34H31N5S/c1-17(2)20(6)37-31-19(5)32-33(36-12-11-35-32)26-13-21(8-10-24(26)31)22-7-9-23-25-15-27-28(39-34(38-27)18(3)4)16-30(25)40-29(23)14-22/h7-18,37H,6H2,1-5H3,(H,38,39). The lowest BCUT2D eigenvalue weighted by atomic mass is 9.96. The van der Waals surface area contributed by atoms with Crippen LogP contribution in [0.2, 0.25) is 0 Å². The SMILES string of the molecule is C=C(Nc1c(C)c2nccnc2c2cc(-c3ccc4c(c3)sc3cc5nc(C(C)C)[nH]c5cc34)ccc12)C(C)C. The predicted octanol–water partition coefficient (Wildman–Crippen LogP) is 9.71. The van der Waals surface area contributed by atoms with E-state index in [1.165, 1.54) is 25.7 Å². The van der Waals surface area contributed by atoms with E-state index in [1.807, 2.05) is 11.3 Å². The highest BCUT2D eigenvalue weighted by Crippen LogP contribution is 2.41. The summed E-state index contributed by atoms with van der Waals surface area (Å²) in [6.07, 6.45) is 3.54. The monoisotopic (exact) mass is 541 g/mol. The fourth-order valence-electron chi connectivity index (χ4n) is 5.49. The van der Waals surface area contributed by atoms with Gasteiger partial charge in [-0.2, -0.15) is 0 Å². The highest BCUT2D eigenvalue weighted by Gasteiger charge is 2.17. The first-order valence-corrected chi connectivity index (χ1v) is 14.6. The molecule has 0 amide bonds. The fourth-order valence-corrected chi connectivity index (χ4v) is 6.65. The zero-order chi connectivity index (χ0) is 27.7. The summed E-state index contributed by atoms with van der Waals surface area (Å²) < 4.78 is 2.53. The van der Waals surface area contributed by atoms with Crippen molar-refractivity contribution in [2.24, 2.45) is 5.92 Å². The Kier molecular flexibility index (Phi) is 5.65. The maximum atomic E-state index is 4.82. The fraction of sp³-hybridized carbons (Fsp3) is 0.206. The van der Waals surface area contributed by atoms with Crippen LogP contribution >= 0.6 is 11.3 Å². The molecule has 0 bridgehead atoms. The number of allylic oxidation sites excluding steroid dienone is 1. The molecular weight excluding hydrogens is 510 g/mol. The van der Waals surface area contributed by atoms with Gasteiger partial charge >= 0.3 is 0 Å². The molecule has 0 saturated carbocycles. The van der Waals surface area contributed by atoms with E-state index in [4.69, 9.17) is 15.0 Å². The molecule has 7 rings (SSSR count). The maximum Gasteiger partial charge on any atom is 0.109 e. The van der Waals surface area contributed by atoms with Gasteiger partial charge in [-0.3, -0.25) is 9.97 Å². The van der Waals surface area contributed by atoms with Gasteiger partial charge in [-0.15, -0.1) is 11.3 Å².